The van der Waals surface area contributed by atoms with Crippen molar-refractivity contribution in [2.75, 3.05) is 0 Å². The molecule has 21 heavy (non-hydrogen) atoms. The first-order chi connectivity index (χ1) is 10.1. The summed E-state index contributed by atoms with van der Waals surface area (Å²) in [6.45, 7) is 6.44. The molecule has 0 spiro atoms. The van der Waals surface area contributed by atoms with E-state index in [1.807, 2.05) is 28.7 Å². The van der Waals surface area contributed by atoms with Crippen LogP contribution in [-0.4, -0.2) is 4.40 Å². The van der Waals surface area contributed by atoms with Gasteiger partial charge >= 0.3 is 0 Å². The predicted molar refractivity (Wildman–Crippen MR) is 88.7 cm³/mol. The van der Waals surface area contributed by atoms with E-state index in [0.29, 0.717) is 5.92 Å². The van der Waals surface area contributed by atoms with Gasteiger partial charge in [-0.2, -0.15) is 0 Å². The summed E-state index contributed by atoms with van der Waals surface area (Å²) in [5, 5.41) is 4.22. The third-order valence-electron chi connectivity index (χ3n) is 4.50. The summed E-state index contributed by atoms with van der Waals surface area (Å²) in [7, 11) is 0. The molecule has 2 heterocycles. The smallest absolute Gasteiger partial charge is 0.263 e. The maximum Gasteiger partial charge on any atom is 0.263 e. The van der Waals surface area contributed by atoms with Crippen LogP contribution < -0.4 is 5.56 Å². The van der Waals surface area contributed by atoms with Crippen molar-refractivity contribution in [2.45, 2.75) is 26.7 Å². The molecule has 0 amide bonds. The number of rotatable bonds is 1. The SMILES string of the molecule is Cc1c(C(C)C)c2cccc3c4ccccc4c(=O)n1c23. The minimum absolute atomic E-state index is 0.0960. The molecule has 0 unspecified atom stereocenters. The Balaban J connectivity index is 2.45. The van der Waals surface area contributed by atoms with Crippen LogP contribution in [0.2, 0.25) is 0 Å². The molecular formula is C19H17NO. The number of fused-ring (bicyclic) bond motifs is 2. The second kappa shape index (κ2) is 4.08. The van der Waals surface area contributed by atoms with Gasteiger partial charge in [-0.1, -0.05) is 50.2 Å². The molecule has 0 fully saturated rings. The number of aromatic nitrogens is 1. The molecule has 2 nitrogen and oxygen atoms in total. The van der Waals surface area contributed by atoms with Gasteiger partial charge in [-0.15, -0.1) is 0 Å². The van der Waals surface area contributed by atoms with Gasteiger partial charge in [-0.05, 0) is 29.9 Å². The Morgan fingerprint density at radius 1 is 0.857 bits per heavy atom. The number of nitrogens with zero attached hydrogens (tertiary/aromatic N) is 1. The van der Waals surface area contributed by atoms with Gasteiger partial charge in [0.1, 0.15) is 0 Å². The molecule has 0 bridgehead atoms. The summed E-state index contributed by atoms with van der Waals surface area (Å²) in [4.78, 5) is 12.9. The van der Waals surface area contributed by atoms with Gasteiger partial charge in [-0.25, -0.2) is 0 Å². The summed E-state index contributed by atoms with van der Waals surface area (Å²) in [6.07, 6.45) is 0. The topological polar surface area (TPSA) is 21.5 Å². The molecule has 0 aliphatic carbocycles. The first-order valence-electron chi connectivity index (χ1n) is 7.39. The van der Waals surface area contributed by atoms with Crippen molar-refractivity contribution in [3.05, 3.63) is 64.1 Å². The number of hydrogen-bond donors (Lipinski definition) is 0. The van der Waals surface area contributed by atoms with Crippen LogP contribution >= 0.6 is 0 Å². The van der Waals surface area contributed by atoms with E-state index < -0.39 is 0 Å². The van der Waals surface area contributed by atoms with Gasteiger partial charge in [0, 0.05) is 21.9 Å². The van der Waals surface area contributed by atoms with E-state index in [1.54, 1.807) is 0 Å². The Morgan fingerprint density at radius 2 is 1.48 bits per heavy atom. The third kappa shape index (κ3) is 1.45. The number of aryl methyl sites for hydroxylation is 1. The molecule has 4 aromatic rings. The van der Waals surface area contributed by atoms with Crippen LogP contribution in [0.4, 0.5) is 0 Å². The average Bonchev–Trinajstić information content (AvgIpc) is 2.78. The summed E-state index contributed by atoms with van der Waals surface area (Å²) in [6, 6.07) is 14.3. The molecule has 4 rings (SSSR count). The monoisotopic (exact) mass is 275 g/mol. The third-order valence-corrected chi connectivity index (χ3v) is 4.50. The largest absolute Gasteiger partial charge is 0.279 e. The maximum atomic E-state index is 12.9. The standard InChI is InChI=1S/C19H17NO/c1-11(2)17-12(3)20-18-14(9-6-10-16(17)18)13-7-4-5-8-15(13)19(20)21/h4-11H,1-3H3. The van der Waals surface area contributed by atoms with Crippen molar-refractivity contribution in [3.63, 3.8) is 0 Å². The zero-order chi connectivity index (χ0) is 14.7. The van der Waals surface area contributed by atoms with E-state index >= 15 is 0 Å². The Bertz CT molecular complexity index is 1040. The molecule has 0 N–H and O–H groups in total. The zero-order valence-electron chi connectivity index (χ0n) is 12.5. The molecule has 2 aromatic heterocycles. The van der Waals surface area contributed by atoms with Crippen molar-refractivity contribution >= 4 is 27.1 Å². The minimum atomic E-state index is 0.0960. The van der Waals surface area contributed by atoms with Crippen molar-refractivity contribution in [3.8, 4) is 0 Å². The molecule has 104 valence electrons. The molecule has 0 aliphatic rings. The number of para-hydroxylation sites is 1. The molecule has 0 saturated carbocycles. The van der Waals surface area contributed by atoms with Crippen molar-refractivity contribution in [1.82, 2.24) is 4.40 Å². The van der Waals surface area contributed by atoms with Gasteiger partial charge < -0.3 is 0 Å². The van der Waals surface area contributed by atoms with Gasteiger partial charge in [0.2, 0.25) is 0 Å². The Hall–Kier alpha value is -2.35. The van der Waals surface area contributed by atoms with Crippen LogP contribution in [0.5, 0.6) is 0 Å². The summed E-state index contributed by atoms with van der Waals surface area (Å²) >= 11 is 0. The lowest BCUT2D eigenvalue weighted by molar-refractivity contribution is 0.854. The molecule has 2 heteroatoms. The minimum Gasteiger partial charge on any atom is -0.279 e. The number of benzene rings is 2. The highest BCUT2D eigenvalue weighted by Crippen LogP contribution is 2.35. The quantitative estimate of drug-likeness (QED) is 0.469. The van der Waals surface area contributed by atoms with Crippen LogP contribution in [0.3, 0.4) is 0 Å². The average molecular weight is 275 g/mol. The van der Waals surface area contributed by atoms with E-state index in [9.17, 15) is 4.79 Å². The number of pyridine rings is 1. The normalized spacial score (nSPS) is 12.2. The number of hydrogen-bond acceptors (Lipinski definition) is 1. The lowest BCUT2D eigenvalue weighted by atomic mass is 9.98. The van der Waals surface area contributed by atoms with Gasteiger partial charge in [-0.3, -0.25) is 9.20 Å². The van der Waals surface area contributed by atoms with E-state index in [-0.39, 0.29) is 5.56 Å². The van der Waals surface area contributed by atoms with Crippen LogP contribution in [-0.2, 0) is 0 Å². The highest BCUT2D eigenvalue weighted by Gasteiger charge is 2.19. The maximum absolute atomic E-state index is 12.9. The second-order valence-corrected chi connectivity index (χ2v) is 6.04. The van der Waals surface area contributed by atoms with Crippen LogP contribution in [0, 0.1) is 6.92 Å². The van der Waals surface area contributed by atoms with Crippen LogP contribution in [0.25, 0.3) is 27.1 Å². The van der Waals surface area contributed by atoms with Gasteiger partial charge in [0.25, 0.3) is 5.56 Å². The lowest BCUT2D eigenvalue weighted by Crippen LogP contribution is -2.14. The van der Waals surface area contributed by atoms with Crippen LogP contribution in [0.15, 0.2) is 47.3 Å². The first-order valence-corrected chi connectivity index (χ1v) is 7.39. The van der Waals surface area contributed by atoms with Gasteiger partial charge in [0.05, 0.1) is 5.52 Å². The van der Waals surface area contributed by atoms with E-state index in [4.69, 9.17) is 0 Å². The zero-order valence-corrected chi connectivity index (χ0v) is 12.5. The van der Waals surface area contributed by atoms with Crippen LogP contribution in [0.1, 0.15) is 31.0 Å². The van der Waals surface area contributed by atoms with Crippen molar-refractivity contribution < 1.29 is 0 Å². The molecule has 2 aromatic carbocycles. The molecule has 0 radical (unpaired) electrons. The fraction of sp³-hybridized carbons (Fsp3) is 0.211. The molecule has 0 atom stereocenters. The van der Waals surface area contributed by atoms with E-state index in [2.05, 4.69) is 39.0 Å². The molecular weight excluding hydrogens is 258 g/mol. The summed E-state index contributed by atoms with van der Waals surface area (Å²) in [5.74, 6) is 0.401. The molecule has 0 aliphatic heterocycles. The molecule has 0 saturated heterocycles. The Kier molecular flexibility index (Phi) is 2.41. The second-order valence-electron chi connectivity index (χ2n) is 6.04. The lowest BCUT2D eigenvalue weighted by Gasteiger charge is -2.06. The van der Waals surface area contributed by atoms with Gasteiger partial charge in [0.15, 0.2) is 0 Å². The highest BCUT2D eigenvalue weighted by atomic mass is 16.1. The Morgan fingerprint density at radius 3 is 2.19 bits per heavy atom. The fourth-order valence-corrected chi connectivity index (χ4v) is 3.71. The van der Waals surface area contributed by atoms with E-state index in [0.717, 1.165) is 27.4 Å². The first kappa shape index (κ1) is 12.4. The van der Waals surface area contributed by atoms with Crippen molar-refractivity contribution in [2.24, 2.45) is 0 Å². The Labute approximate surface area is 123 Å². The predicted octanol–water partition coefficient (Wildman–Crippen LogP) is 4.48. The fourth-order valence-electron chi connectivity index (χ4n) is 3.71. The summed E-state index contributed by atoms with van der Waals surface area (Å²) in [5.41, 5.74) is 3.53. The van der Waals surface area contributed by atoms with Crippen molar-refractivity contribution in [1.29, 1.82) is 0 Å². The van der Waals surface area contributed by atoms with E-state index in [1.165, 1.54) is 10.9 Å². The summed E-state index contributed by atoms with van der Waals surface area (Å²) < 4.78 is 1.91. The highest BCUT2D eigenvalue weighted by molar-refractivity contribution is 6.12.